The van der Waals surface area contributed by atoms with Gasteiger partial charge in [0.15, 0.2) is 0 Å². The molecule has 1 aliphatic rings. The maximum atomic E-state index is 14.3. The Kier molecular flexibility index (Phi) is 7.73. The lowest BCUT2D eigenvalue weighted by atomic mass is 10.1. The molecule has 2 amide bonds. The van der Waals surface area contributed by atoms with Crippen LogP contribution in [0.15, 0.2) is 42.5 Å². The van der Waals surface area contributed by atoms with E-state index in [1.54, 1.807) is 43.3 Å². The first-order valence-corrected chi connectivity index (χ1v) is 10.9. The molecule has 0 aromatic heterocycles. The second-order valence-corrected chi connectivity index (χ2v) is 8.47. The summed E-state index contributed by atoms with van der Waals surface area (Å²) in [6, 6.07) is 10.6. The van der Waals surface area contributed by atoms with Crippen molar-refractivity contribution < 1.29 is 14.0 Å². The molecule has 3 rings (SSSR count). The number of hydrogen-bond acceptors (Lipinski definition) is 2. The summed E-state index contributed by atoms with van der Waals surface area (Å²) in [4.78, 5) is 27.5. The molecule has 160 valence electrons. The van der Waals surface area contributed by atoms with Crippen molar-refractivity contribution in [3.05, 3.63) is 69.5 Å². The number of nitrogens with one attached hydrogen (secondary N) is 1. The minimum atomic E-state index is -0.765. The standard InChI is InChI=1S/C23H25Cl2FN2O2/c1-15(23(30)27-17-8-3-4-9-17)28(14-16-7-2-5-12-21(16)26)22(29)13-18-19(24)10-6-11-20(18)25/h2,5-7,10-12,15,17H,3-4,8-9,13-14H2,1H3,(H,27,30)/t15-/m0/s1. The van der Waals surface area contributed by atoms with Crippen LogP contribution in [0.25, 0.3) is 0 Å². The Bertz CT molecular complexity index is 896. The van der Waals surface area contributed by atoms with Gasteiger partial charge in [0.2, 0.25) is 11.8 Å². The number of amides is 2. The molecule has 7 heteroatoms. The average molecular weight is 451 g/mol. The van der Waals surface area contributed by atoms with Crippen molar-refractivity contribution in [2.45, 2.75) is 57.7 Å². The minimum Gasteiger partial charge on any atom is -0.352 e. The second kappa shape index (κ2) is 10.3. The van der Waals surface area contributed by atoms with Gasteiger partial charge in [0, 0.05) is 28.2 Å². The van der Waals surface area contributed by atoms with E-state index in [4.69, 9.17) is 23.2 Å². The Balaban J connectivity index is 1.83. The molecule has 0 saturated heterocycles. The van der Waals surface area contributed by atoms with Gasteiger partial charge < -0.3 is 10.2 Å². The van der Waals surface area contributed by atoms with Gasteiger partial charge in [-0.3, -0.25) is 9.59 Å². The Morgan fingerprint density at radius 2 is 1.73 bits per heavy atom. The highest BCUT2D eigenvalue weighted by molar-refractivity contribution is 6.36. The highest BCUT2D eigenvalue weighted by Gasteiger charge is 2.29. The molecule has 0 unspecified atom stereocenters. The fraction of sp³-hybridized carbons (Fsp3) is 0.391. The first-order chi connectivity index (χ1) is 14.4. The highest BCUT2D eigenvalue weighted by atomic mass is 35.5. The summed E-state index contributed by atoms with van der Waals surface area (Å²) in [5, 5.41) is 3.78. The first-order valence-electron chi connectivity index (χ1n) is 10.1. The minimum absolute atomic E-state index is 0.0210. The van der Waals surface area contributed by atoms with Crippen molar-refractivity contribution in [2.75, 3.05) is 0 Å². The summed E-state index contributed by atoms with van der Waals surface area (Å²) >= 11 is 12.4. The number of rotatable bonds is 7. The van der Waals surface area contributed by atoms with Crippen LogP contribution in [0.4, 0.5) is 4.39 Å². The van der Waals surface area contributed by atoms with E-state index in [1.807, 2.05) is 0 Å². The quantitative estimate of drug-likeness (QED) is 0.633. The fourth-order valence-corrected chi connectivity index (χ4v) is 4.27. The van der Waals surface area contributed by atoms with E-state index in [1.165, 1.54) is 11.0 Å². The molecule has 1 saturated carbocycles. The van der Waals surface area contributed by atoms with E-state index in [0.29, 0.717) is 21.2 Å². The van der Waals surface area contributed by atoms with E-state index >= 15 is 0 Å². The van der Waals surface area contributed by atoms with E-state index in [0.717, 1.165) is 25.7 Å². The fourth-order valence-electron chi connectivity index (χ4n) is 3.74. The maximum absolute atomic E-state index is 14.3. The molecule has 2 aromatic carbocycles. The molecule has 0 radical (unpaired) electrons. The number of carbonyl (C=O) groups is 2. The van der Waals surface area contributed by atoms with Crippen LogP contribution in [0.2, 0.25) is 10.0 Å². The van der Waals surface area contributed by atoms with Crippen LogP contribution in [-0.4, -0.2) is 28.8 Å². The van der Waals surface area contributed by atoms with Crippen molar-refractivity contribution in [3.63, 3.8) is 0 Å². The molecule has 0 heterocycles. The van der Waals surface area contributed by atoms with Crippen molar-refractivity contribution >= 4 is 35.0 Å². The smallest absolute Gasteiger partial charge is 0.242 e. The largest absolute Gasteiger partial charge is 0.352 e. The van der Waals surface area contributed by atoms with Crippen molar-refractivity contribution in [3.8, 4) is 0 Å². The molecule has 0 aliphatic heterocycles. The van der Waals surface area contributed by atoms with Crippen molar-refractivity contribution in [2.24, 2.45) is 0 Å². The monoisotopic (exact) mass is 450 g/mol. The lowest BCUT2D eigenvalue weighted by Gasteiger charge is -2.30. The zero-order valence-corrected chi connectivity index (χ0v) is 18.3. The Hall–Kier alpha value is -2.11. The summed E-state index contributed by atoms with van der Waals surface area (Å²) in [5.41, 5.74) is 0.837. The molecule has 0 spiro atoms. The molecular formula is C23H25Cl2FN2O2. The molecular weight excluding hydrogens is 426 g/mol. The van der Waals surface area contributed by atoms with Gasteiger partial charge in [-0.05, 0) is 43.5 Å². The van der Waals surface area contributed by atoms with E-state index < -0.39 is 11.9 Å². The van der Waals surface area contributed by atoms with Crippen molar-refractivity contribution in [1.82, 2.24) is 10.2 Å². The third-order valence-corrected chi connectivity index (χ3v) is 6.27. The molecule has 30 heavy (non-hydrogen) atoms. The Labute approximate surface area is 186 Å². The average Bonchev–Trinajstić information content (AvgIpc) is 3.22. The summed E-state index contributed by atoms with van der Waals surface area (Å²) in [7, 11) is 0. The number of nitrogens with zero attached hydrogens (tertiary/aromatic N) is 1. The number of benzene rings is 2. The van der Waals surface area contributed by atoms with Gasteiger partial charge in [-0.2, -0.15) is 0 Å². The SMILES string of the molecule is C[C@@H](C(=O)NC1CCCC1)N(Cc1ccccc1F)C(=O)Cc1c(Cl)cccc1Cl. The zero-order valence-electron chi connectivity index (χ0n) is 16.8. The van der Waals surface area contributed by atoms with Crippen LogP contribution in [0, 0.1) is 5.82 Å². The topological polar surface area (TPSA) is 49.4 Å². The van der Waals surface area contributed by atoms with E-state index in [-0.39, 0.29) is 30.8 Å². The van der Waals surface area contributed by atoms with Gasteiger partial charge in [0.05, 0.1) is 6.42 Å². The molecule has 4 nitrogen and oxygen atoms in total. The molecule has 0 bridgehead atoms. The van der Waals surface area contributed by atoms with Gasteiger partial charge >= 0.3 is 0 Å². The summed E-state index contributed by atoms with van der Waals surface area (Å²) in [6.45, 7) is 1.64. The van der Waals surface area contributed by atoms with Crippen LogP contribution >= 0.6 is 23.2 Å². The van der Waals surface area contributed by atoms with E-state index in [9.17, 15) is 14.0 Å². The molecule has 1 aliphatic carbocycles. The Morgan fingerprint density at radius 1 is 1.10 bits per heavy atom. The molecule has 1 fully saturated rings. The summed E-state index contributed by atoms with van der Waals surface area (Å²) in [5.74, 6) is -1.01. The van der Waals surface area contributed by atoms with Crippen LogP contribution in [-0.2, 0) is 22.6 Å². The first kappa shape index (κ1) is 22.6. The normalized spacial score (nSPS) is 15.1. The van der Waals surface area contributed by atoms with Gasteiger partial charge in [0.1, 0.15) is 11.9 Å². The third kappa shape index (κ3) is 5.52. The molecule has 1 N–H and O–H groups in total. The molecule has 2 aromatic rings. The van der Waals surface area contributed by atoms with Crippen molar-refractivity contribution in [1.29, 1.82) is 0 Å². The number of carbonyl (C=O) groups excluding carboxylic acids is 2. The maximum Gasteiger partial charge on any atom is 0.242 e. The molecule has 1 atom stereocenters. The third-order valence-electron chi connectivity index (χ3n) is 5.56. The second-order valence-electron chi connectivity index (χ2n) is 7.66. The highest BCUT2D eigenvalue weighted by Crippen LogP contribution is 2.26. The predicted octanol–water partition coefficient (Wildman–Crippen LogP) is 5.15. The van der Waals surface area contributed by atoms with Gasteiger partial charge in [0.25, 0.3) is 0 Å². The lowest BCUT2D eigenvalue weighted by molar-refractivity contribution is -0.140. The van der Waals surface area contributed by atoms with Gasteiger partial charge in [-0.25, -0.2) is 4.39 Å². The zero-order chi connectivity index (χ0) is 21.7. The summed E-state index contributed by atoms with van der Waals surface area (Å²) in [6.07, 6.45) is 3.97. The van der Waals surface area contributed by atoms with Crippen LogP contribution < -0.4 is 5.32 Å². The Morgan fingerprint density at radius 3 is 2.37 bits per heavy atom. The van der Waals surface area contributed by atoms with Crippen LogP contribution in [0.1, 0.15) is 43.7 Å². The van der Waals surface area contributed by atoms with Crippen LogP contribution in [0.3, 0.4) is 0 Å². The number of halogens is 3. The van der Waals surface area contributed by atoms with Gasteiger partial charge in [-0.15, -0.1) is 0 Å². The van der Waals surface area contributed by atoms with E-state index in [2.05, 4.69) is 5.32 Å². The van der Waals surface area contributed by atoms with Crippen LogP contribution in [0.5, 0.6) is 0 Å². The predicted molar refractivity (Wildman–Crippen MR) is 117 cm³/mol. The van der Waals surface area contributed by atoms with Gasteiger partial charge in [-0.1, -0.05) is 60.3 Å². The number of hydrogen-bond donors (Lipinski definition) is 1. The lowest BCUT2D eigenvalue weighted by Crippen LogP contribution is -2.50. The summed E-state index contributed by atoms with van der Waals surface area (Å²) < 4.78 is 14.3.